The molecule has 20 heavy (non-hydrogen) atoms. The summed E-state index contributed by atoms with van der Waals surface area (Å²) in [6.07, 6.45) is 3.52. The Morgan fingerprint density at radius 1 is 1.20 bits per heavy atom. The van der Waals surface area contributed by atoms with Crippen LogP contribution >= 0.6 is 24.0 Å². The molecule has 1 saturated carbocycles. The quantitative estimate of drug-likeness (QED) is 0.311. The van der Waals surface area contributed by atoms with Gasteiger partial charge in [0.25, 0.3) is 0 Å². The Balaban J connectivity index is 0.00000361. The number of sulfonamides is 1. The smallest absolute Gasteiger partial charge is 0.213 e. The van der Waals surface area contributed by atoms with Gasteiger partial charge in [0, 0.05) is 19.6 Å². The van der Waals surface area contributed by atoms with E-state index in [0.717, 1.165) is 25.9 Å². The molecule has 1 rings (SSSR count). The third-order valence-electron chi connectivity index (χ3n) is 3.14. The van der Waals surface area contributed by atoms with Crippen LogP contribution in [0.3, 0.4) is 0 Å². The zero-order chi connectivity index (χ0) is 14.1. The summed E-state index contributed by atoms with van der Waals surface area (Å²) in [5.41, 5.74) is 0. The number of nitrogens with one attached hydrogen (secondary N) is 3. The fourth-order valence-electron chi connectivity index (χ4n) is 1.80. The first-order valence-corrected chi connectivity index (χ1v) is 8.72. The average Bonchev–Trinajstić information content (AvgIpc) is 2.27. The monoisotopic (exact) mass is 418 g/mol. The van der Waals surface area contributed by atoms with Crippen LogP contribution in [-0.4, -0.2) is 46.3 Å². The van der Waals surface area contributed by atoms with Crippen LogP contribution in [-0.2, 0) is 10.0 Å². The molecule has 0 bridgehead atoms. The molecule has 0 unspecified atom stereocenters. The molecule has 1 aliphatic rings. The van der Waals surface area contributed by atoms with Crippen LogP contribution in [0.1, 0.15) is 33.1 Å². The topological polar surface area (TPSA) is 82.6 Å². The number of hydrogen-bond acceptors (Lipinski definition) is 3. The Labute approximate surface area is 139 Å². The van der Waals surface area contributed by atoms with Crippen molar-refractivity contribution in [3.8, 4) is 0 Å². The maximum Gasteiger partial charge on any atom is 0.213 e. The largest absolute Gasteiger partial charge is 0.357 e. The predicted molar refractivity (Wildman–Crippen MR) is 94.2 cm³/mol. The van der Waals surface area contributed by atoms with Gasteiger partial charge in [-0.3, -0.25) is 4.99 Å². The molecule has 0 spiro atoms. The molecule has 0 atom stereocenters. The third kappa shape index (κ3) is 8.25. The first-order valence-electron chi connectivity index (χ1n) is 7.07. The molecule has 3 N–H and O–H groups in total. The zero-order valence-corrected chi connectivity index (χ0v) is 15.5. The van der Waals surface area contributed by atoms with Gasteiger partial charge in [-0.15, -0.1) is 24.0 Å². The highest BCUT2D eigenvalue weighted by atomic mass is 127. The summed E-state index contributed by atoms with van der Waals surface area (Å²) < 4.78 is 26.2. The molecular weight excluding hydrogens is 391 g/mol. The minimum atomic E-state index is -3.19. The highest BCUT2D eigenvalue weighted by Gasteiger charge is 2.19. The second kappa shape index (κ2) is 10.6. The van der Waals surface area contributed by atoms with Crippen LogP contribution in [0.4, 0.5) is 0 Å². The molecule has 1 fully saturated rings. The lowest BCUT2D eigenvalue weighted by atomic mass is 9.86. The van der Waals surface area contributed by atoms with Gasteiger partial charge in [0.1, 0.15) is 0 Å². The van der Waals surface area contributed by atoms with Gasteiger partial charge in [-0.1, -0.05) is 6.42 Å². The Morgan fingerprint density at radius 3 is 2.25 bits per heavy atom. The molecule has 0 aromatic heterocycles. The zero-order valence-electron chi connectivity index (χ0n) is 12.3. The van der Waals surface area contributed by atoms with Crippen molar-refractivity contribution in [1.29, 1.82) is 0 Å². The highest BCUT2D eigenvalue weighted by Crippen LogP contribution is 2.25. The fourth-order valence-corrected chi connectivity index (χ4v) is 2.77. The van der Waals surface area contributed by atoms with Gasteiger partial charge in [-0.2, -0.15) is 0 Å². The highest BCUT2D eigenvalue weighted by molar-refractivity contribution is 14.0. The molecule has 0 amide bonds. The summed E-state index contributed by atoms with van der Waals surface area (Å²) in [6.45, 7) is 6.33. The number of halogens is 1. The maximum atomic E-state index is 11.8. The molecule has 0 saturated heterocycles. The summed E-state index contributed by atoms with van der Waals surface area (Å²) in [5.74, 6) is 1.25. The van der Waals surface area contributed by atoms with E-state index in [9.17, 15) is 8.42 Å². The Kier molecular flexibility index (Phi) is 10.6. The van der Waals surface area contributed by atoms with Gasteiger partial charge in [0.2, 0.25) is 10.0 Å². The molecule has 0 aliphatic heterocycles. The van der Waals surface area contributed by atoms with E-state index in [-0.39, 0.29) is 36.3 Å². The first kappa shape index (κ1) is 19.9. The van der Waals surface area contributed by atoms with Crippen LogP contribution in [0, 0.1) is 5.92 Å². The Bertz CT molecular complexity index is 375. The molecule has 0 radical (unpaired) electrons. The van der Waals surface area contributed by atoms with Crippen LogP contribution < -0.4 is 15.4 Å². The molecule has 8 heteroatoms. The maximum absolute atomic E-state index is 11.8. The Morgan fingerprint density at radius 2 is 1.80 bits per heavy atom. The van der Waals surface area contributed by atoms with Gasteiger partial charge >= 0.3 is 0 Å². The van der Waals surface area contributed by atoms with Crippen molar-refractivity contribution in [3.05, 3.63) is 0 Å². The average molecular weight is 418 g/mol. The first-order chi connectivity index (χ1) is 9.07. The molecule has 0 aromatic carbocycles. The van der Waals surface area contributed by atoms with Crippen LogP contribution in [0.2, 0.25) is 0 Å². The summed E-state index contributed by atoms with van der Waals surface area (Å²) in [7, 11) is -3.19. The van der Waals surface area contributed by atoms with E-state index in [1.54, 1.807) is 0 Å². The molecular formula is C12H27IN4O2S. The minimum Gasteiger partial charge on any atom is -0.357 e. The second-order valence-corrected chi connectivity index (χ2v) is 6.68. The van der Waals surface area contributed by atoms with E-state index in [1.807, 2.05) is 13.8 Å². The second-order valence-electron chi connectivity index (χ2n) is 4.76. The minimum absolute atomic E-state index is 0. The summed E-state index contributed by atoms with van der Waals surface area (Å²) in [4.78, 5) is 4.22. The number of hydrogen-bond donors (Lipinski definition) is 3. The SMILES string of the molecule is CCNC(=NCCS(=O)(=O)NCC1CCC1)NCC.I. The van der Waals surface area contributed by atoms with Gasteiger partial charge in [0.05, 0.1) is 12.3 Å². The van der Waals surface area contributed by atoms with Gasteiger partial charge in [0.15, 0.2) is 5.96 Å². The van der Waals surface area contributed by atoms with E-state index in [4.69, 9.17) is 0 Å². The predicted octanol–water partition coefficient (Wildman–Crippen LogP) is 0.899. The number of aliphatic imine (C=N–C) groups is 1. The molecule has 120 valence electrons. The van der Waals surface area contributed by atoms with Crippen molar-refractivity contribution in [1.82, 2.24) is 15.4 Å². The number of nitrogens with zero attached hydrogens (tertiary/aromatic N) is 1. The van der Waals surface area contributed by atoms with Crippen molar-refractivity contribution in [3.63, 3.8) is 0 Å². The van der Waals surface area contributed by atoms with Crippen LogP contribution in [0.5, 0.6) is 0 Å². The van der Waals surface area contributed by atoms with Gasteiger partial charge in [-0.05, 0) is 32.6 Å². The number of guanidine groups is 1. The van der Waals surface area contributed by atoms with E-state index < -0.39 is 10.0 Å². The third-order valence-corrected chi connectivity index (χ3v) is 4.46. The molecule has 0 aromatic rings. The van der Waals surface area contributed by atoms with E-state index in [2.05, 4.69) is 20.3 Å². The van der Waals surface area contributed by atoms with Crippen molar-refractivity contribution < 1.29 is 8.42 Å². The molecule has 6 nitrogen and oxygen atoms in total. The van der Waals surface area contributed by atoms with Crippen molar-refractivity contribution in [2.75, 3.05) is 31.9 Å². The lowest BCUT2D eigenvalue weighted by Gasteiger charge is -2.25. The van der Waals surface area contributed by atoms with Crippen molar-refractivity contribution in [2.45, 2.75) is 33.1 Å². The van der Waals surface area contributed by atoms with Crippen LogP contribution in [0.25, 0.3) is 0 Å². The van der Waals surface area contributed by atoms with Crippen molar-refractivity contribution >= 4 is 40.0 Å². The molecule has 1 aliphatic carbocycles. The fraction of sp³-hybridized carbons (Fsp3) is 0.917. The lowest BCUT2D eigenvalue weighted by molar-refractivity contribution is 0.316. The number of rotatable bonds is 8. The normalized spacial score (nSPS) is 14.9. The standard InChI is InChI=1S/C12H26N4O2S.HI/c1-3-13-12(14-4-2)15-8-9-19(17,18)16-10-11-6-5-7-11;/h11,16H,3-10H2,1-2H3,(H2,13,14,15);1H. The van der Waals surface area contributed by atoms with E-state index in [0.29, 0.717) is 18.4 Å². The van der Waals surface area contributed by atoms with Gasteiger partial charge < -0.3 is 10.6 Å². The summed E-state index contributed by atoms with van der Waals surface area (Å²) >= 11 is 0. The molecule has 0 heterocycles. The lowest BCUT2D eigenvalue weighted by Crippen LogP contribution is -2.38. The van der Waals surface area contributed by atoms with E-state index >= 15 is 0 Å². The Hall–Kier alpha value is -0.0900. The summed E-state index contributed by atoms with van der Waals surface area (Å²) in [6, 6.07) is 0. The summed E-state index contributed by atoms with van der Waals surface area (Å²) in [5, 5.41) is 6.12. The van der Waals surface area contributed by atoms with Crippen molar-refractivity contribution in [2.24, 2.45) is 10.9 Å². The van der Waals surface area contributed by atoms with Gasteiger partial charge in [-0.25, -0.2) is 13.1 Å². The van der Waals surface area contributed by atoms with Crippen LogP contribution in [0.15, 0.2) is 4.99 Å². The van der Waals surface area contributed by atoms with E-state index in [1.165, 1.54) is 6.42 Å².